The van der Waals surface area contributed by atoms with Gasteiger partial charge >= 0.3 is 5.97 Å². The minimum absolute atomic E-state index is 0.127. The SMILES string of the molecule is CCOC(=O)C1CCN(C(=O)CN(C)C(=O)[C@@H]2CCCN2S(=O)(=O)c2ccc(C)cc2)CC1. The summed E-state index contributed by atoms with van der Waals surface area (Å²) in [6.45, 7) is 4.99. The van der Waals surface area contributed by atoms with Crippen molar-refractivity contribution in [2.24, 2.45) is 5.92 Å². The molecular weight excluding hydrogens is 446 g/mol. The molecule has 182 valence electrons. The standard InChI is InChI=1S/C23H33N3O6S/c1-4-32-23(29)18-11-14-25(15-12-18)21(27)16-24(3)22(28)20-6-5-13-26(20)33(30,31)19-9-7-17(2)8-10-19/h7-10,18,20H,4-6,11-16H2,1-3H3/t20-/m0/s1. The zero-order chi connectivity index (χ0) is 24.2. The van der Waals surface area contributed by atoms with E-state index >= 15 is 0 Å². The van der Waals surface area contributed by atoms with Crippen molar-refractivity contribution in [3.63, 3.8) is 0 Å². The summed E-state index contributed by atoms with van der Waals surface area (Å²) in [5.74, 6) is -1.02. The molecule has 1 aromatic rings. The number of benzene rings is 1. The van der Waals surface area contributed by atoms with Crippen molar-refractivity contribution in [3.8, 4) is 0 Å². The Bertz CT molecular complexity index is 970. The summed E-state index contributed by atoms with van der Waals surface area (Å²) in [6, 6.07) is 5.75. The highest BCUT2D eigenvalue weighted by atomic mass is 32.2. The van der Waals surface area contributed by atoms with Crippen molar-refractivity contribution in [3.05, 3.63) is 29.8 Å². The number of carbonyl (C=O) groups is 3. The molecule has 0 unspecified atom stereocenters. The van der Waals surface area contributed by atoms with Crippen LogP contribution in [0.1, 0.15) is 38.2 Å². The number of ether oxygens (including phenoxy) is 1. The molecule has 2 saturated heterocycles. The molecule has 33 heavy (non-hydrogen) atoms. The van der Waals surface area contributed by atoms with Crippen molar-refractivity contribution in [1.29, 1.82) is 0 Å². The summed E-state index contributed by atoms with van der Waals surface area (Å²) in [5.41, 5.74) is 0.951. The van der Waals surface area contributed by atoms with E-state index in [1.807, 2.05) is 6.92 Å². The minimum Gasteiger partial charge on any atom is -0.466 e. The van der Waals surface area contributed by atoms with Crippen LogP contribution in [-0.4, -0.2) is 86.2 Å². The molecule has 0 aromatic heterocycles. The predicted molar refractivity (Wildman–Crippen MR) is 122 cm³/mol. The maximum Gasteiger partial charge on any atom is 0.309 e. The highest BCUT2D eigenvalue weighted by Gasteiger charge is 2.41. The van der Waals surface area contributed by atoms with Crippen LogP contribution < -0.4 is 0 Å². The van der Waals surface area contributed by atoms with Gasteiger partial charge in [-0.1, -0.05) is 17.7 Å². The third-order valence-electron chi connectivity index (χ3n) is 6.33. The summed E-state index contributed by atoms with van der Waals surface area (Å²) in [5, 5.41) is 0. The van der Waals surface area contributed by atoms with Crippen LogP contribution in [0.25, 0.3) is 0 Å². The highest BCUT2D eigenvalue weighted by molar-refractivity contribution is 7.89. The van der Waals surface area contributed by atoms with E-state index in [4.69, 9.17) is 4.74 Å². The summed E-state index contributed by atoms with van der Waals surface area (Å²) in [7, 11) is -2.28. The van der Waals surface area contributed by atoms with Crippen molar-refractivity contribution >= 4 is 27.8 Å². The van der Waals surface area contributed by atoms with E-state index < -0.39 is 16.1 Å². The van der Waals surface area contributed by atoms with Gasteiger partial charge in [0.2, 0.25) is 21.8 Å². The predicted octanol–water partition coefficient (Wildman–Crippen LogP) is 1.41. The Morgan fingerprint density at radius 2 is 1.70 bits per heavy atom. The number of carbonyl (C=O) groups excluding carboxylic acids is 3. The third-order valence-corrected chi connectivity index (χ3v) is 8.25. The van der Waals surface area contributed by atoms with Gasteiger partial charge in [0.15, 0.2) is 0 Å². The molecule has 2 fully saturated rings. The molecule has 9 nitrogen and oxygen atoms in total. The van der Waals surface area contributed by atoms with Gasteiger partial charge in [0.05, 0.1) is 24.0 Å². The van der Waals surface area contributed by atoms with Crippen LogP contribution in [-0.2, 0) is 29.1 Å². The van der Waals surface area contributed by atoms with Crippen molar-refractivity contribution in [2.75, 3.05) is 39.8 Å². The topological polar surface area (TPSA) is 104 Å². The van der Waals surface area contributed by atoms with Crippen LogP contribution in [0.2, 0.25) is 0 Å². The van der Waals surface area contributed by atoms with Crippen LogP contribution in [0, 0.1) is 12.8 Å². The number of nitrogens with zero attached hydrogens (tertiary/aromatic N) is 3. The minimum atomic E-state index is -3.80. The quantitative estimate of drug-likeness (QED) is 0.548. The van der Waals surface area contributed by atoms with Crippen LogP contribution in [0.5, 0.6) is 0 Å². The molecular formula is C23H33N3O6S. The first-order valence-corrected chi connectivity index (χ1v) is 12.9. The number of likely N-dealkylation sites (tertiary alicyclic amines) is 1. The zero-order valence-corrected chi connectivity index (χ0v) is 20.3. The first kappa shape index (κ1) is 25.2. The van der Waals surface area contributed by atoms with Gasteiger partial charge in [0.1, 0.15) is 6.04 Å². The van der Waals surface area contributed by atoms with Gasteiger partial charge in [0, 0.05) is 26.7 Å². The molecule has 1 atom stereocenters. The molecule has 10 heteroatoms. The van der Waals surface area contributed by atoms with E-state index in [0.717, 1.165) is 5.56 Å². The number of hydrogen-bond acceptors (Lipinski definition) is 6. The normalized spacial score (nSPS) is 20.0. The Kier molecular flexibility index (Phi) is 8.12. The largest absolute Gasteiger partial charge is 0.466 e. The molecule has 0 spiro atoms. The smallest absolute Gasteiger partial charge is 0.309 e. The molecule has 0 bridgehead atoms. The molecule has 2 aliphatic heterocycles. The fourth-order valence-electron chi connectivity index (χ4n) is 4.38. The van der Waals surface area contributed by atoms with Crippen LogP contribution >= 0.6 is 0 Å². The van der Waals surface area contributed by atoms with Gasteiger partial charge in [-0.3, -0.25) is 14.4 Å². The number of hydrogen-bond donors (Lipinski definition) is 0. The maximum absolute atomic E-state index is 13.1. The van der Waals surface area contributed by atoms with Gasteiger partial charge in [-0.25, -0.2) is 8.42 Å². The fourth-order valence-corrected chi connectivity index (χ4v) is 6.03. The van der Waals surface area contributed by atoms with Gasteiger partial charge in [-0.15, -0.1) is 0 Å². The van der Waals surface area contributed by atoms with Crippen molar-refractivity contribution < 1.29 is 27.5 Å². The van der Waals surface area contributed by atoms with Crippen molar-refractivity contribution in [1.82, 2.24) is 14.1 Å². The van der Waals surface area contributed by atoms with E-state index in [9.17, 15) is 22.8 Å². The molecule has 0 aliphatic carbocycles. The van der Waals surface area contributed by atoms with Crippen molar-refractivity contribution in [2.45, 2.75) is 50.5 Å². The second kappa shape index (κ2) is 10.6. The first-order valence-electron chi connectivity index (χ1n) is 11.4. The van der Waals surface area contributed by atoms with Gasteiger partial charge in [0.25, 0.3) is 0 Å². The van der Waals surface area contributed by atoms with Crippen LogP contribution in [0.3, 0.4) is 0 Å². The summed E-state index contributed by atoms with van der Waals surface area (Å²) >= 11 is 0. The zero-order valence-electron chi connectivity index (χ0n) is 19.5. The number of amides is 2. The summed E-state index contributed by atoms with van der Waals surface area (Å²) < 4.78 is 32.6. The number of sulfonamides is 1. The first-order chi connectivity index (χ1) is 15.6. The Labute approximate surface area is 195 Å². The molecule has 0 N–H and O–H groups in total. The second-order valence-corrected chi connectivity index (χ2v) is 10.6. The monoisotopic (exact) mass is 479 g/mol. The number of aryl methyl sites for hydroxylation is 1. The number of rotatable bonds is 7. The van der Waals surface area contributed by atoms with E-state index in [1.54, 1.807) is 36.1 Å². The lowest BCUT2D eigenvalue weighted by atomic mass is 9.97. The van der Waals surface area contributed by atoms with E-state index in [1.165, 1.54) is 16.3 Å². The lowest BCUT2D eigenvalue weighted by Crippen LogP contribution is -2.50. The Morgan fingerprint density at radius 1 is 1.06 bits per heavy atom. The highest BCUT2D eigenvalue weighted by Crippen LogP contribution is 2.27. The molecule has 1 aromatic carbocycles. The Morgan fingerprint density at radius 3 is 2.30 bits per heavy atom. The van der Waals surface area contributed by atoms with E-state index in [0.29, 0.717) is 45.4 Å². The maximum atomic E-state index is 13.1. The lowest BCUT2D eigenvalue weighted by molar-refractivity contribution is -0.151. The fraction of sp³-hybridized carbons (Fsp3) is 0.609. The lowest BCUT2D eigenvalue weighted by Gasteiger charge is -2.33. The van der Waals surface area contributed by atoms with E-state index in [-0.39, 0.29) is 41.7 Å². The number of esters is 1. The molecule has 0 saturated carbocycles. The third kappa shape index (κ3) is 5.73. The van der Waals surface area contributed by atoms with Gasteiger partial charge < -0.3 is 14.5 Å². The van der Waals surface area contributed by atoms with Crippen LogP contribution in [0.4, 0.5) is 0 Å². The average Bonchev–Trinajstić information content (AvgIpc) is 3.30. The summed E-state index contributed by atoms with van der Waals surface area (Å²) in [4.78, 5) is 40.9. The van der Waals surface area contributed by atoms with E-state index in [2.05, 4.69) is 0 Å². The molecule has 2 heterocycles. The molecule has 2 amide bonds. The average molecular weight is 480 g/mol. The Balaban J connectivity index is 1.59. The second-order valence-electron chi connectivity index (χ2n) is 8.69. The number of likely N-dealkylation sites (N-methyl/N-ethyl adjacent to an activating group) is 1. The van der Waals surface area contributed by atoms with Gasteiger partial charge in [-0.2, -0.15) is 4.31 Å². The molecule has 2 aliphatic rings. The van der Waals surface area contributed by atoms with Crippen LogP contribution in [0.15, 0.2) is 29.2 Å². The summed E-state index contributed by atoms with van der Waals surface area (Å²) in [6.07, 6.45) is 2.08. The molecule has 3 rings (SSSR count). The number of piperidine rings is 1. The van der Waals surface area contributed by atoms with Gasteiger partial charge in [-0.05, 0) is 51.7 Å². The molecule has 0 radical (unpaired) electrons. The Hall–Kier alpha value is -2.46.